The zero-order valence-electron chi connectivity index (χ0n) is 32.6. The van der Waals surface area contributed by atoms with E-state index in [4.69, 9.17) is 0 Å². The van der Waals surface area contributed by atoms with Crippen LogP contribution in [0.4, 0.5) is 0 Å². The molecule has 278 valence electrons. The Balaban J connectivity index is 0.785. The fourth-order valence-corrected chi connectivity index (χ4v) is 6.67. The van der Waals surface area contributed by atoms with Crippen molar-refractivity contribution >= 4 is 60.8 Å². The summed E-state index contributed by atoms with van der Waals surface area (Å²) in [6, 6.07) is 64.9. The second kappa shape index (κ2) is 20.8. The van der Waals surface area contributed by atoms with Gasteiger partial charge in [0.05, 0.1) is 0 Å². The molecular weight excluding hydrogens is 685 g/mol. The molecule has 0 spiro atoms. The van der Waals surface area contributed by atoms with Gasteiger partial charge in [0.1, 0.15) is 0 Å². The molecule has 0 aromatic heterocycles. The van der Waals surface area contributed by atoms with E-state index >= 15 is 0 Å². The number of hydrogen-bond donors (Lipinski definition) is 0. The van der Waals surface area contributed by atoms with Gasteiger partial charge in [0.15, 0.2) is 0 Å². The topological polar surface area (TPSA) is 0 Å². The highest BCUT2D eigenvalue weighted by molar-refractivity contribution is 5.75. The molecule has 0 heterocycles. The van der Waals surface area contributed by atoms with Gasteiger partial charge in [-0.3, -0.25) is 0 Å². The zero-order chi connectivity index (χ0) is 38.7. The maximum absolute atomic E-state index is 2.28. The second-order valence-electron chi connectivity index (χ2n) is 14.5. The number of unbranched alkanes of at least 4 members (excludes halogenated alkanes) is 2. The van der Waals surface area contributed by atoms with Crippen molar-refractivity contribution in [2.45, 2.75) is 32.1 Å². The third-order valence-corrected chi connectivity index (χ3v) is 10.1. The van der Waals surface area contributed by atoms with Crippen LogP contribution in [-0.2, 0) is 12.8 Å². The summed E-state index contributed by atoms with van der Waals surface area (Å²) >= 11 is 0. The molecule has 0 saturated carbocycles. The Labute approximate surface area is 340 Å². The van der Waals surface area contributed by atoms with Gasteiger partial charge in [-0.1, -0.05) is 249 Å². The molecule has 0 bridgehead atoms. The fourth-order valence-electron chi connectivity index (χ4n) is 6.67. The molecule has 0 fully saturated rings. The normalized spacial score (nSPS) is 11.9. The Bertz CT molecular complexity index is 2390. The summed E-state index contributed by atoms with van der Waals surface area (Å²) < 4.78 is 0. The summed E-state index contributed by atoms with van der Waals surface area (Å²) in [6.07, 6.45) is 27.7. The molecule has 0 N–H and O–H groups in total. The molecule has 0 nitrogen and oxygen atoms in total. The largest absolute Gasteiger partial charge is 0.0622 e. The van der Waals surface area contributed by atoms with Crippen LogP contribution in [0.25, 0.3) is 60.8 Å². The monoisotopic (exact) mass is 734 g/mol. The fraction of sp³-hybridized carbons (Fsp3) is 0.0877. The van der Waals surface area contributed by atoms with Crippen LogP contribution in [0.2, 0.25) is 0 Å². The average Bonchev–Trinajstić information content (AvgIpc) is 3.28. The van der Waals surface area contributed by atoms with Gasteiger partial charge in [-0.15, -0.1) is 0 Å². The average molecular weight is 735 g/mol. The molecule has 0 amide bonds. The molecule has 0 aliphatic heterocycles. The lowest BCUT2D eigenvalue weighted by Crippen LogP contribution is -1.89. The van der Waals surface area contributed by atoms with E-state index in [9.17, 15) is 0 Å². The summed E-state index contributed by atoms with van der Waals surface area (Å²) in [5.74, 6) is 0. The predicted octanol–water partition coefficient (Wildman–Crippen LogP) is 15.5. The van der Waals surface area contributed by atoms with E-state index < -0.39 is 0 Å². The highest BCUT2D eigenvalue weighted by atomic mass is 14.0. The first kappa shape index (κ1) is 38.5. The van der Waals surface area contributed by atoms with Gasteiger partial charge in [0.25, 0.3) is 0 Å². The van der Waals surface area contributed by atoms with Gasteiger partial charge < -0.3 is 0 Å². The summed E-state index contributed by atoms with van der Waals surface area (Å²) in [6.45, 7) is 0. The van der Waals surface area contributed by atoms with Crippen LogP contribution in [0.1, 0.15) is 86.0 Å². The van der Waals surface area contributed by atoms with Crippen LogP contribution in [-0.4, -0.2) is 0 Å². The van der Waals surface area contributed by atoms with Crippen molar-refractivity contribution in [3.05, 3.63) is 249 Å². The Hall–Kier alpha value is -6.76. The smallest absolute Gasteiger partial charge is 0.0256 e. The van der Waals surface area contributed by atoms with Crippen molar-refractivity contribution < 1.29 is 0 Å². The van der Waals surface area contributed by atoms with Gasteiger partial charge >= 0.3 is 0 Å². The van der Waals surface area contributed by atoms with E-state index in [1.54, 1.807) is 0 Å². The molecular formula is C57H50. The molecule has 57 heavy (non-hydrogen) atoms. The predicted molar refractivity (Wildman–Crippen MR) is 251 cm³/mol. The minimum absolute atomic E-state index is 1.13. The third-order valence-electron chi connectivity index (χ3n) is 10.1. The maximum Gasteiger partial charge on any atom is -0.0256 e. The van der Waals surface area contributed by atoms with Gasteiger partial charge in [-0.05, 0) is 92.4 Å². The SMILES string of the molecule is C(=C\c1ccc(/C=C/c2ccc(/C=C/c3ccc(CCCCCc4ccc(/C=C/c5ccc(/C=C/c6ccccc6)cc5)cc4)cc3)cc2)cc1)/c1ccccc1. The van der Waals surface area contributed by atoms with E-state index in [0.29, 0.717) is 0 Å². The van der Waals surface area contributed by atoms with Crippen LogP contribution in [0.15, 0.2) is 182 Å². The maximum atomic E-state index is 2.28. The molecule has 0 heteroatoms. The highest BCUT2D eigenvalue weighted by Crippen LogP contribution is 2.18. The summed E-state index contributed by atoms with van der Waals surface area (Å²) in [4.78, 5) is 0. The molecule has 0 aliphatic rings. The third kappa shape index (κ3) is 12.9. The first-order valence-electron chi connectivity index (χ1n) is 20.2. The van der Waals surface area contributed by atoms with E-state index in [-0.39, 0.29) is 0 Å². The number of hydrogen-bond acceptors (Lipinski definition) is 0. The van der Waals surface area contributed by atoms with E-state index in [2.05, 4.69) is 231 Å². The molecule has 0 aliphatic carbocycles. The van der Waals surface area contributed by atoms with Gasteiger partial charge in [-0.25, -0.2) is 0 Å². The van der Waals surface area contributed by atoms with Crippen LogP contribution < -0.4 is 0 Å². The molecule has 7 rings (SSSR count). The second-order valence-corrected chi connectivity index (χ2v) is 14.5. The Morgan fingerprint density at radius 2 is 0.386 bits per heavy atom. The van der Waals surface area contributed by atoms with Crippen molar-refractivity contribution in [1.82, 2.24) is 0 Å². The van der Waals surface area contributed by atoms with Crippen LogP contribution in [0, 0.1) is 0 Å². The van der Waals surface area contributed by atoms with Crippen LogP contribution in [0.5, 0.6) is 0 Å². The van der Waals surface area contributed by atoms with E-state index in [1.165, 1.54) is 86.0 Å². The van der Waals surface area contributed by atoms with Crippen molar-refractivity contribution in [3.63, 3.8) is 0 Å². The Morgan fingerprint density at radius 1 is 0.193 bits per heavy atom. The quantitative estimate of drug-likeness (QED) is 0.0685. The first-order chi connectivity index (χ1) is 28.2. The minimum atomic E-state index is 1.13. The zero-order valence-corrected chi connectivity index (χ0v) is 32.6. The minimum Gasteiger partial charge on any atom is -0.0622 e. The van der Waals surface area contributed by atoms with Crippen molar-refractivity contribution in [2.75, 3.05) is 0 Å². The number of rotatable bonds is 16. The number of benzene rings is 7. The molecule has 0 radical (unpaired) electrons. The van der Waals surface area contributed by atoms with E-state index in [0.717, 1.165) is 12.8 Å². The number of aryl methyl sites for hydroxylation is 2. The van der Waals surface area contributed by atoms with E-state index in [1.807, 2.05) is 12.1 Å². The lowest BCUT2D eigenvalue weighted by molar-refractivity contribution is 0.678. The van der Waals surface area contributed by atoms with Crippen LogP contribution >= 0.6 is 0 Å². The molecule has 0 saturated heterocycles. The van der Waals surface area contributed by atoms with Crippen molar-refractivity contribution in [2.24, 2.45) is 0 Å². The first-order valence-corrected chi connectivity index (χ1v) is 20.2. The van der Waals surface area contributed by atoms with Crippen molar-refractivity contribution in [1.29, 1.82) is 0 Å². The highest BCUT2D eigenvalue weighted by Gasteiger charge is 1.99. The standard InChI is InChI=1S/C57H50/c1-4-10-46(11-5-1)16-22-50-28-34-54(35-29-50)38-32-52-24-18-48(19-25-52)14-8-3-9-15-49-20-26-53(27-21-49)33-39-56-41-44-57(45-42-56)43-40-55-36-30-51(31-37-55)23-17-47-12-6-2-7-13-47/h1-2,4-7,10-13,16-45H,3,8-9,14-15H2/b22-16+,23-17+,38-32+,39-33+,43-40+. The Kier molecular flexibility index (Phi) is 14.0. The van der Waals surface area contributed by atoms with Crippen LogP contribution in [0.3, 0.4) is 0 Å². The summed E-state index contributed by atoms with van der Waals surface area (Å²) in [7, 11) is 0. The van der Waals surface area contributed by atoms with Gasteiger partial charge in [0.2, 0.25) is 0 Å². The summed E-state index contributed by atoms with van der Waals surface area (Å²) in [5, 5.41) is 0. The molecule has 0 unspecified atom stereocenters. The van der Waals surface area contributed by atoms with Gasteiger partial charge in [0, 0.05) is 0 Å². The lowest BCUT2D eigenvalue weighted by Gasteiger charge is -2.04. The lowest BCUT2D eigenvalue weighted by atomic mass is 10.0. The molecule has 0 atom stereocenters. The van der Waals surface area contributed by atoms with Crippen molar-refractivity contribution in [3.8, 4) is 0 Å². The molecule has 7 aromatic rings. The Morgan fingerprint density at radius 3 is 0.614 bits per heavy atom. The summed E-state index contributed by atoms with van der Waals surface area (Å²) in [5.41, 5.74) is 14.9. The molecule has 7 aromatic carbocycles. The van der Waals surface area contributed by atoms with Gasteiger partial charge in [-0.2, -0.15) is 0 Å².